The molecule has 2 aromatic rings. The fourth-order valence-corrected chi connectivity index (χ4v) is 4.37. The average molecular weight is 543 g/mol. The summed E-state index contributed by atoms with van der Waals surface area (Å²) >= 11 is 6.37. The van der Waals surface area contributed by atoms with Gasteiger partial charge in [0.2, 0.25) is 11.8 Å². The van der Waals surface area contributed by atoms with Gasteiger partial charge in [0.1, 0.15) is 17.7 Å². The van der Waals surface area contributed by atoms with E-state index in [1.807, 2.05) is 19.1 Å². The lowest BCUT2D eigenvalue weighted by Gasteiger charge is -2.34. The summed E-state index contributed by atoms with van der Waals surface area (Å²) in [6.45, 7) is 6.94. The zero-order valence-corrected chi connectivity index (χ0v) is 22.9. The number of amides is 4. The van der Waals surface area contributed by atoms with E-state index in [4.69, 9.17) is 22.1 Å². The van der Waals surface area contributed by atoms with Gasteiger partial charge in [-0.1, -0.05) is 54.1 Å². The molecule has 2 unspecified atom stereocenters. The Bertz CT molecular complexity index is 1160. The van der Waals surface area contributed by atoms with Crippen LogP contribution in [-0.4, -0.2) is 46.4 Å². The Balaban J connectivity index is 1.98. The van der Waals surface area contributed by atoms with Gasteiger partial charge in [0.25, 0.3) is 5.91 Å². The van der Waals surface area contributed by atoms with Gasteiger partial charge in [-0.3, -0.25) is 14.4 Å². The van der Waals surface area contributed by atoms with E-state index in [1.54, 1.807) is 57.2 Å². The molecule has 0 radical (unpaired) electrons. The highest BCUT2D eigenvalue weighted by molar-refractivity contribution is 6.34. The van der Waals surface area contributed by atoms with Crippen LogP contribution in [0.25, 0.3) is 0 Å². The molecule has 0 heterocycles. The highest BCUT2D eigenvalue weighted by atomic mass is 35.5. The van der Waals surface area contributed by atoms with Crippen LogP contribution in [0.2, 0.25) is 5.02 Å². The minimum atomic E-state index is -1.13. The molecular weight excluding hydrogens is 508 g/mol. The smallest absolute Gasteiger partial charge is 0.408 e. The number of para-hydroxylation sites is 1. The van der Waals surface area contributed by atoms with E-state index in [1.165, 1.54) is 4.90 Å². The number of nitrogens with two attached hydrogens (primary N) is 1. The van der Waals surface area contributed by atoms with Crippen molar-refractivity contribution in [2.45, 2.75) is 77.1 Å². The van der Waals surface area contributed by atoms with Crippen LogP contribution >= 0.6 is 11.6 Å². The van der Waals surface area contributed by atoms with Crippen LogP contribution in [0.1, 0.15) is 63.6 Å². The number of carbonyl (C=O) groups is 4. The summed E-state index contributed by atoms with van der Waals surface area (Å²) in [5, 5.41) is 5.87. The fourth-order valence-electron chi connectivity index (χ4n) is 4.10. The quantitative estimate of drug-likeness (QED) is 0.407. The van der Waals surface area contributed by atoms with Crippen LogP contribution in [0, 0.1) is 6.92 Å². The van der Waals surface area contributed by atoms with Gasteiger partial charge < -0.3 is 26.0 Å². The lowest BCUT2D eigenvalue weighted by molar-refractivity contribution is -0.141. The SMILES string of the molecule is Cc1cccc(Cl)c1NC(=O)C(c1ccccc1)N(C(=O)C(CCC(N)=O)NC(=O)OC(C)(C)C)C1CC1. The highest BCUT2D eigenvalue weighted by Gasteiger charge is 2.44. The van der Waals surface area contributed by atoms with Crippen LogP contribution in [0.5, 0.6) is 0 Å². The number of aryl methyl sites for hydroxylation is 1. The number of ether oxygens (including phenoxy) is 1. The Morgan fingerprint density at radius 1 is 1.08 bits per heavy atom. The second kappa shape index (κ2) is 12.3. The maximum absolute atomic E-state index is 14.0. The van der Waals surface area contributed by atoms with Crippen molar-refractivity contribution in [1.82, 2.24) is 10.2 Å². The average Bonchev–Trinajstić information content (AvgIpc) is 3.66. The minimum absolute atomic E-state index is 0.0383. The summed E-state index contributed by atoms with van der Waals surface area (Å²) in [6, 6.07) is 11.9. The van der Waals surface area contributed by atoms with Gasteiger partial charge in [0.15, 0.2) is 0 Å². The van der Waals surface area contributed by atoms with E-state index >= 15 is 0 Å². The summed E-state index contributed by atoms with van der Waals surface area (Å²) in [5.74, 6) is -1.56. The standard InChI is InChI=1S/C28H35ClN4O5/c1-17-9-8-12-20(29)23(17)32-25(35)24(18-10-6-5-7-11-18)33(19-13-14-19)26(36)21(15-16-22(30)34)31-27(37)38-28(2,3)4/h5-12,19,21,24H,13-16H2,1-4H3,(H2,30,34)(H,31,37)(H,32,35). The summed E-state index contributed by atoms with van der Waals surface area (Å²) < 4.78 is 5.35. The Labute approximate surface area is 228 Å². The molecule has 9 nitrogen and oxygen atoms in total. The molecule has 38 heavy (non-hydrogen) atoms. The van der Waals surface area contributed by atoms with E-state index in [9.17, 15) is 19.2 Å². The summed E-state index contributed by atoms with van der Waals surface area (Å²) in [4.78, 5) is 53.6. The molecule has 204 valence electrons. The third kappa shape index (κ3) is 7.95. The number of anilines is 1. The second-order valence-electron chi connectivity index (χ2n) is 10.4. The van der Waals surface area contributed by atoms with Crippen molar-refractivity contribution in [2.24, 2.45) is 5.73 Å². The van der Waals surface area contributed by atoms with Crippen LogP contribution in [-0.2, 0) is 19.1 Å². The first-order valence-electron chi connectivity index (χ1n) is 12.6. The van der Waals surface area contributed by atoms with Crippen LogP contribution < -0.4 is 16.4 Å². The van der Waals surface area contributed by atoms with Crippen LogP contribution in [0.15, 0.2) is 48.5 Å². The topological polar surface area (TPSA) is 131 Å². The lowest BCUT2D eigenvalue weighted by atomic mass is 10.0. The molecule has 0 aromatic heterocycles. The monoisotopic (exact) mass is 542 g/mol. The molecule has 0 bridgehead atoms. The van der Waals surface area contributed by atoms with Gasteiger partial charge in [-0.2, -0.15) is 0 Å². The Morgan fingerprint density at radius 2 is 1.74 bits per heavy atom. The van der Waals surface area contributed by atoms with E-state index in [-0.39, 0.29) is 18.9 Å². The molecule has 1 aliphatic carbocycles. The van der Waals surface area contributed by atoms with Gasteiger partial charge in [0.05, 0.1) is 10.7 Å². The van der Waals surface area contributed by atoms with Gasteiger partial charge >= 0.3 is 6.09 Å². The molecule has 0 spiro atoms. The van der Waals surface area contributed by atoms with Gasteiger partial charge in [-0.25, -0.2) is 4.79 Å². The number of rotatable bonds is 10. The zero-order valence-electron chi connectivity index (χ0n) is 22.1. The third-order valence-electron chi connectivity index (χ3n) is 5.98. The molecule has 0 saturated heterocycles. The Morgan fingerprint density at radius 3 is 2.29 bits per heavy atom. The number of halogens is 1. The first kappa shape index (κ1) is 29.0. The predicted octanol–water partition coefficient (Wildman–Crippen LogP) is 4.48. The highest BCUT2D eigenvalue weighted by Crippen LogP contribution is 2.37. The lowest BCUT2D eigenvalue weighted by Crippen LogP contribution is -2.53. The third-order valence-corrected chi connectivity index (χ3v) is 6.29. The van der Waals surface area contributed by atoms with Gasteiger partial charge in [-0.05, 0) is 64.2 Å². The maximum Gasteiger partial charge on any atom is 0.408 e. The summed E-state index contributed by atoms with van der Waals surface area (Å²) in [7, 11) is 0. The first-order chi connectivity index (χ1) is 17.9. The predicted molar refractivity (Wildman–Crippen MR) is 145 cm³/mol. The van der Waals surface area contributed by atoms with Crippen molar-refractivity contribution in [3.63, 3.8) is 0 Å². The molecule has 4 N–H and O–H groups in total. The molecule has 3 rings (SSSR count). The number of alkyl carbamates (subject to hydrolysis) is 1. The van der Waals surface area contributed by atoms with Crippen molar-refractivity contribution in [2.75, 3.05) is 5.32 Å². The molecule has 4 amide bonds. The Kier molecular flexibility index (Phi) is 9.38. The number of nitrogens with one attached hydrogen (secondary N) is 2. The van der Waals surface area contributed by atoms with E-state index in [0.29, 0.717) is 29.1 Å². The molecule has 1 fully saturated rings. The van der Waals surface area contributed by atoms with E-state index in [2.05, 4.69) is 10.6 Å². The number of nitrogens with zero attached hydrogens (tertiary/aromatic N) is 1. The van der Waals surface area contributed by atoms with Crippen molar-refractivity contribution >= 4 is 41.1 Å². The van der Waals surface area contributed by atoms with E-state index < -0.39 is 41.5 Å². The van der Waals surface area contributed by atoms with Crippen molar-refractivity contribution in [3.8, 4) is 0 Å². The largest absolute Gasteiger partial charge is 0.444 e. The zero-order chi connectivity index (χ0) is 28.0. The number of primary amides is 1. The normalized spacial score (nSPS) is 14.7. The molecule has 1 aliphatic rings. The molecule has 1 saturated carbocycles. The van der Waals surface area contributed by atoms with E-state index in [0.717, 1.165) is 5.56 Å². The maximum atomic E-state index is 14.0. The van der Waals surface area contributed by atoms with Crippen LogP contribution in [0.3, 0.4) is 0 Å². The molecule has 2 aromatic carbocycles. The molecule has 0 aliphatic heterocycles. The van der Waals surface area contributed by atoms with Crippen molar-refractivity contribution < 1.29 is 23.9 Å². The summed E-state index contributed by atoms with van der Waals surface area (Å²) in [6.07, 6.45) is 0.420. The van der Waals surface area contributed by atoms with Crippen molar-refractivity contribution in [3.05, 3.63) is 64.7 Å². The van der Waals surface area contributed by atoms with Crippen molar-refractivity contribution in [1.29, 1.82) is 0 Å². The summed E-state index contributed by atoms with van der Waals surface area (Å²) in [5.41, 5.74) is 6.38. The number of carbonyl (C=O) groups excluding carboxylic acids is 4. The molecule has 2 atom stereocenters. The molecule has 10 heteroatoms. The fraction of sp³-hybridized carbons (Fsp3) is 0.429. The number of hydrogen-bond acceptors (Lipinski definition) is 5. The minimum Gasteiger partial charge on any atom is -0.444 e. The first-order valence-corrected chi connectivity index (χ1v) is 13.0. The Hall–Kier alpha value is -3.59. The van der Waals surface area contributed by atoms with Crippen LogP contribution in [0.4, 0.5) is 10.5 Å². The number of hydrogen-bond donors (Lipinski definition) is 3. The van der Waals surface area contributed by atoms with Gasteiger partial charge in [0, 0.05) is 12.5 Å². The molecular formula is C28H35ClN4O5. The number of benzene rings is 2. The second-order valence-corrected chi connectivity index (χ2v) is 10.8. The van der Waals surface area contributed by atoms with Gasteiger partial charge in [-0.15, -0.1) is 0 Å².